The number of methoxy groups -OCH3 is 1. The Hall–Kier alpha value is -2.22. The minimum Gasteiger partial charge on any atom is -0.496 e. The Labute approximate surface area is 163 Å². The molecule has 0 aromatic heterocycles. The first kappa shape index (κ1) is 21.1. The van der Waals surface area contributed by atoms with Crippen molar-refractivity contribution < 1.29 is 24.2 Å². The molecule has 0 bridgehead atoms. The number of nitrogens with zero attached hydrogens (tertiary/aromatic N) is 1. The van der Waals surface area contributed by atoms with Crippen molar-refractivity contribution in [2.75, 3.05) is 25.3 Å². The number of hydrogen-bond donors (Lipinski definition) is 2. The summed E-state index contributed by atoms with van der Waals surface area (Å²) >= 11 is 1.53. The van der Waals surface area contributed by atoms with Crippen molar-refractivity contribution in [3.63, 3.8) is 0 Å². The highest BCUT2D eigenvalue weighted by Crippen LogP contribution is 2.23. The van der Waals surface area contributed by atoms with E-state index < -0.39 is 17.9 Å². The van der Waals surface area contributed by atoms with E-state index in [0.717, 1.165) is 12.0 Å². The topological polar surface area (TPSA) is 95.9 Å². The summed E-state index contributed by atoms with van der Waals surface area (Å²) in [4.78, 5) is 37.9. The summed E-state index contributed by atoms with van der Waals surface area (Å²) in [5.74, 6) is -0.438. The first-order chi connectivity index (χ1) is 13.0. The van der Waals surface area contributed by atoms with E-state index in [-0.39, 0.29) is 24.8 Å². The number of amides is 2. The molecule has 7 nitrogen and oxygen atoms in total. The third-order valence-corrected chi connectivity index (χ3v) is 5.51. The molecule has 1 aromatic rings. The number of ether oxygens (including phenoxy) is 1. The van der Waals surface area contributed by atoms with Gasteiger partial charge in [-0.15, -0.1) is 11.8 Å². The summed E-state index contributed by atoms with van der Waals surface area (Å²) in [7, 11) is 1.54. The number of carbonyl (C=O) groups excluding carboxylic acids is 2. The molecule has 0 spiro atoms. The lowest BCUT2D eigenvalue weighted by Gasteiger charge is -2.24. The minimum atomic E-state index is -0.985. The first-order valence-corrected chi connectivity index (χ1v) is 10.1. The van der Waals surface area contributed by atoms with Gasteiger partial charge in [-0.25, -0.2) is 0 Å². The van der Waals surface area contributed by atoms with E-state index in [1.807, 2.05) is 25.1 Å². The number of carbonyl (C=O) groups is 3. The number of aliphatic carboxylic acids is 1. The van der Waals surface area contributed by atoms with Crippen molar-refractivity contribution in [1.29, 1.82) is 0 Å². The summed E-state index contributed by atoms with van der Waals surface area (Å²) in [5, 5.41) is 12.2. The Morgan fingerprint density at radius 3 is 2.78 bits per heavy atom. The number of benzene rings is 1. The fourth-order valence-electron chi connectivity index (χ4n) is 2.99. The molecule has 0 radical (unpaired) electrons. The van der Waals surface area contributed by atoms with E-state index in [1.165, 1.54) is 18.9 Å². The molecule has 1 aliphatic rings. The molecule has 27 heavy (non-hydrogen) atoms. The number of para-hydroxylation sites is 1. The maximum absolute atomic E-state index is 12.5. The summed E-state index contributed by atoms with van der Waals surface area (Å²) in [5.41, 5.74) is 0.776. The Balaban J connectivity index is 1.98. The van der Waals surface area contributed by atoms with Crippen LogP contribution in [0.2, 0.25) is 0 Å². The molecule has 0 aliphatic carbocycles. The van der Waals surface area contributed by atoms with Crippen LogP contribution in [-0.2, 0) is 20.8 Å². The lowest BCUT2D eigenvalue weighted by Crippen LogP contribution is -2.48. The highest BCUT2D eigenvalue weighted by molar-refractivity contribution is 7.99. The first-order valence-electron chi connectivity index (χ1n) is 8.97. The molecule has 8 heteroatoms. The fourth-order valence-corrected chi connectivity index (χ4v) is 4.17. The van der Waals surface area contributed by atoms with Gasteiger partial charge in [-0.3, -0.25) is 14.4 Å². The van der Waals surface area contributed by atoms with Gasteiger partial charge in [0, 0.05) is 18.7 Å². The van der Waals surface area contributed by atoms with E-state index in [9.17, 15) is 19.5 Å². The van der Waals surface area contributed by atoms with Gasteiger partial charge in [0.2, 0.25) is 11.8 Å². The van der Waals surface area contributed by atoms with E-state index in [4.69, 9.17) is 4.74 Å². The third kappa shape index (κ3) is 5.63. The summed E-state index contributed by atoms with van der Waals surface area (Å²) in [6.45, 7) is 1.93. The number of thioether (sulfide) groups is 1. The minimum absolute atomic E-state index is 0.00316. The standard InChI is InChI=1S/C19H26N2O5S/c1-3-6-17(22)21-12-27-11-15(21)18(23)20-10-14(19(24)25)9-13-7-4-5-8-16(13)26-2/h4-5,7-8,14-15H,3,6,9-12H2,1-2H3,(H,20,23)(H,24,25). The van der Waals surface area contributed by atoms with Gasteiger partial charge in [0.15, 0.2) is 0 Å². The smallest absolute Gasteiger partial charge is 0.308 e. The Morgan fingerprint density at radius 2 is 2.11 bits per heavy atom. The zero-order valence-electron chi connectivity index (χ0n) is 15.6. The number of rotatable bonds is 9. The summed E-state index contributed by atoms with van der Waals surface area (Å²) in [6.07, 6.45) is 1.39. The van der Waals surface area contributed by atoms with Gasteiger partial charge < -0.3 is 20.1 Å². The maximum Gasteiger partial charge on any atom is 0.308 e. The molecule has 1 fully saturated rings. The van der Waals surface area contributed by atoms with E-state index in [0.29, 0.717) is 23.8 Å². The van der Waals surface area contributed by atoms with Crippen LogP contribution in [-0.4, -0.2) is 59.1 Å². The SMILES string of the molecule is CCCC(=O)N1CSCC1C(=O)NCC(Cc1ccccc1OC)C(=O)O. The fraction of sp³-hybridized carbons (Fsp3) is 0.526. The predicted octanol–water partition coefficient (Wildman–Crippen LogP) is 1.76. The average molecular weight is 394 g/mol. The molecule has 2 unspecified atom stereocenters. The average Bonchev–Trinajstić information content (AvgIpc) is 3.15. The van der Waals surface area contributed by atoms with Crippen LogP contribution in [0.25, 0.3) is 0 Å². The zero-order chi connectivity index (χ0) is 19.8. The van der Waals surface area contributed by atoms with Crippen molar-refractivity contribution in [3.05, 3.63) is 29.8 Å². The molecule has 2 rings (SSSR count). The van der Waals surface area contributed by atoms with Crippen LogP contribution < -0.4 is 10.1 Å². The lowest BCUT2D eigenvalue weighted by atomic mass is 9.98. The van der Waals surface area contributed by atoms with Crippen molar-refractivity contribution in [3.8, 4) is 5.75 Å². The molecule has 0 saturated carbocycles. The Morgan fingerprint density at radius 1 is 1.37 bits per heavy atom. The molecule has 2 amide bonds. The Kier molecular flexibility index (Phi) is 7.97. The second kappa shape index (κ2) is 10.2. The lowest BCUT2D eigenvalue weighted by molar-refractivity contribution is -0.142. The van der Waals surface area contributed by atoms with Gasteiger partial charge in [-0.2, -0.15) is 0 Å². The molecule has 148 valence electrons. The van der Waals surface area contributed by atoms with E-state index >= 15 is 0 Å². The van der Waals surface area contributed by atoms with Gasteiger partial charge >= 0.3 is 5.97 Å². The van der Waals surface area contributed by atoms with Crippen LogP contribution in [0.1, 0.15) is 25.3 Å². The van der Waals surface area contributed by atoms with Crippen LogP contribution in [0.3, 0.4) is 0 Å². The number of hydrogen-bond acceptors (Lipinski definition) is 5. The van der Waals surface area contributed by atoms with Crippen LogP contribution in [0.5, 0.6) is 5.75 Å². The van der Waals surface area contributed by atoms with Crippen molar-refractivity contribution in [2.24, 2.45) is 5.92 Å². The molecule has 1 aromatic carbocycles. The molecule has 1 aliphatic heterocycles. The van der Waals surface area contributed by atoms with Gasteiger partial charge in [0.1, 0.15) is 11.8 Å². The van der Waals surface area contributed by atoms with Crippen molar-refractivity contribution in [1.82, 2.24) is 10.2 Å². The van der Waals surface area contributed by atoms with Crippen LogP contribution in [0, 0.1) is 5.92 Å². The monoisotopic (exact) mass is 394 g/mol. The summed E-state index contributed by atoms with van der Waals surface area (Å²) in [6, 6.07) is 6.70. The second-order valence-electron chi connectivity index (χ2n) is 6.43. The highest BCUT2D eigenvalue weighted by Gasteiger charge is 2.34. The number of carboxylic acids is 1. The van der Waals surface area contributed by atoms with Gasteiger partial charge in [0.25, 0.3) is 0 Å². The van der Waals surface area contributed by atoms with Crippen LogP contribution in [0.4, 0.5) is 0 Å². The molecule has 1 saturated heterocycles. The number of nitrogens with one attached hydrogen (secondary N) is 1. The largest absolute Gasteiger partial charge is 0.496 e. The molecular weight excluding hydrogens is 368 g/mol. The van der Waals surface area contributed by atoms with Crippen LogP contribution >= 0.6 is 11.8 Å². The van der Waals surface area contributed by atoms with E-state index in [2.05, 4.69) is 5.32 Å². The molecule has 2 atom stereocenters. The zero-order valence-corrected chi connectivity index (χ0v) is 16.5. The Bertz CT molecular complexity index is 682. The molecule has 1 heterocycles. The van der Waals surface area contributed by atoms with Crippen LogP contribution in [0.15, 0.2) is 24.3 Å². The van der Waals surface area contributed by atoms with E-state index in [1.54, 1.807) is 11.0 Å². The molecule has 2 N–H and O–H groups in total. The quantitative estimate of drug-likeness (QED) is 0.663. The summed E-state index contributed by atoms with van der Waals surface area (Å²) < 4.78 is 5.27. The second-order valence-corrected chi connectivity index (χ2v) is 7.43. The predicted molar refractivity (Wildman–Crippen MR) is 104 cm³/mol. The van der Waals surface area contributed by atoms with Gasteiger partial charge in [-0.1, -0.05) is 25.1 Å². The van der Waals surface area contributed by atoms with Crippen molar-refractivity contribution >= 4 is 29.5 Å². The normalized spacial score (nSPS) is 17.4. The van der Waals surface area contributed by atoms with Gasteiger partial charge in [-0.05, 0) is 24.5 Å². The highest BCUT2D eigenvalue weighted by atomic mass is 32.2. The van der Waals surface area contributed by atoms with Gasteiger partial charge in [0.05, 0.1) is 18.9 Å². The third-order valence-electron chi connectivity index (χ3n) is 4.50. The molecular formula is C19H26N2O5S. The number of carboxylic acid groups (broad SMARTS) is 1. The maximum atomic E-state index is 12.5. The van der Waals surface area contributed by atoms with Crippen molar-refractivity contribution in [2.45, 2.75) is 32.2 Å².